The molecule has 160 valence electrons. The predicted molar refractivity (Wildman–Crippen MR) is 115 cm³/mol. The van der Waals surface area contributed by atoms with E-state index in [1.807, 2.05) is 6.92 Å². The number of benzene rings is 2. The number of ketones is 1. The van der Waals surface area contributed by atoms with E-state index in [0.717, 1.165) is 12.8 Å². The van der Waals surface area contributed by atoms with Crippen molar-refractivity contribution >= 4 is 38.8 Å². The van der Waals surface area contributed by atoms with Crippen LogP contribution in [0.15, 0.2) is 47.4 Å². The summed E-state index contributed by atoms with van der Waals surface area (Å²) in [6.45, 7) is 2.87. The zero-order chi connectivity index (χ0) is 21.9. The number of Topliss-reactive ketones (excluding diaryl/α,β-unsaturated/α-hetero) is 1. The first-order valence-corrected chi connectivity index (χ1v) is 11.3. The highest BCUT2D eigenvalue weighted by molar-refractivity contribution is 7.89. The number of halogens is 1. The Balaban J connectivity index is 1.72. The normalized spacial score (nSPS) is 17.5. The van der Waals surface area contributed by atoms with Gasteiger partial charge in [-0.1, -0.05) is 30.7 Å². The van der Waals surface area contributed by atoms with Crippen molar-refractivity contribution in [2.75, 3.05) is 25.0 Å². The predicted octanol–water partition coefficient (Wildman–Crippen LogP) is 3.96. The van der Waals surface area contributed by atoms with Gasteiger partial charge < -0.3 is 5.32 Å². The first-order valence-electron chi connectivity index (χ1n) is 9.49. The summed E-state index contributed by atoms with van der Waals surface area (Å²) < 4.78 is 27.4. The summed E-state index contributed by atoms with van der Waals surface area (Å²) in [6.07, 6.45) is 1.82. The second-order valence-electron chi connectivity index (χ2n) is 7.34. The van der Waals surface area contributed by atoms with Crippen LogP contribution in [0.25, 0.3) is 0 Å². The van der Waals surface area contributed by atoms with Gasteiger partial charge in [0.05, 0.1) is 16.4 Å². The number of piperidine rings is 1. The summed E-state index contributed by atoms with van der Waals surface area (Å²) >= 11 is 5.87. The van der Waals surface area contributed by atoms with E-state index in [9.17, 15) is 23.3 Å². The molecule has 1 saturated heterocycles. The third-order valence-corrected chi connectivity index (χ3v) is 7.17. The number of carbonyl (C=O) groups is 1. The second-order valence-corrected chi connectivity index (χ2v) is 9.68. The number of carbonyl (C=O) groups excluding carboxylic acids is 1. The van der Waals surface area contributed by atoms with Crippen LogP contribution in [0.5, 0.6) is 0 Å². The Morgan fingerprint density at radius 1 is 1.30 bits per heavy atom. The monoisotopic (exact) mass is 451 g/mol. The van der Waals surface area contributed by atoms with Crippen molar-refractivity contribution in [2.45, 2.75) is 24.7 Å². The molecule has 0 aromatic heterocycles. The van der Waals surface area contributed by atoms with Crippen molar-refractivity contribution < 1.29 is 18.1 Å². The van der Waals surface area contributed by atoms with E-state index in [0.29, 0.717) is 24.7 Å². The lowest BCUT2D eigenvalue weighted by Crippen LogP contribution is -2.39. The van der Waals surface area contributed by atoms with Crippen LogP contribution in [0.2, 0.25) is 5.02 Å². The fourth-order valence-electron chi connectivity index (χ4n) is 3.39. The molecule has 0 radical (unpaired) electrons. The van der Waals surface area contributed by atoms with Crippen LogP contribution < -0.4 is 5.32 Å². The summed E-state index contributed by atoms with van der Waals surface area (Å²) in [4.78, 5) is 22.9. The number of anilines is 1. The molecule has 1 unspecified atom stereocenters. The molecule has 1 aliphatic heterocycles. The quantitative estimate of drug-likeness (QED) is 0.387. The Kier molecular flexibility index (Phi) is 6.74. The number of sulfonamides is 1. The highest BCUT2D eigenvalue weighted by Crippen LogP contribution is 2.27. The van der Waals surface area contributed by atoms with Gasteiger partial charge in [0.25, 0.3) is 5.69 Å². The number of hydrogen-bond acceptors (Lipinski definition) is 6. The van der Waals surface area contributed by atoms with Crippen LogP contribution in [0.3, 0.4) is 0 Å². The van der Waals surface area contributed by atoms with E-state index < -0.39 is 14.9 Å². The molecule has 8 nitrogen and oxygen atoms in total. The standard InChI is InChI=1S/C20H22ClN3O5S/c1-14-4-3-9-23(13-14)30(28,29)17-6-2-5-15(10-17)20(25)12-22-16-7-8-19(24(26)27)18(21)11-16/h2,5-8,10-11,14,22H,3-4,9,12-13H2,1H3. The maximum absolute atomic E-state index is 12.9. The highest BCUT2D eigenvalue weighted by atomic mass is 35.5. The summed E-state index contributed by atoms with van der Waals surface area (Å²) in [5, 5.41) is 13.6. The molecule has 30 heavy (non-hydrogen) atoms. The van der Waals surface area contributed by atoms with E-state index in [-0.39, 0.29) is 33.5 Å². The first-order chi connectivity index (χ1) is 14.2. The lowest BCUT2D eigenvalue weighted by atomic mass is 10.0. The average Bonchev–Trinajstić information content (AvgIpc) is 2.72. The number of hydrogen-bond donors (Lipinski definition) is 1. The van der Waals surface area contributed by atoms with E-state index in [1.165, 1.54) is 34.6 Å². The third-order valence-electron chi connectivity index (χ3n) is 5.01. The lowest BCUT2D eigenvalue weighted by molar-refractivity contribution is -0.384. The van der Waals surface area contributed by atoms with Crippen LogP contribution in [0, 0.1) is 16.0 Å². The molecule has 1 heterocycles. The van der Waals surface area contributed by atoms with Crippen molar-refractivity contribution in [2.24, 2.45) is 5.92 Å². The van der Waals surface area contributed by atoms with Crippen LogP contribution in [-0.2, 0) is 10.0 Å². The fourth-order valence-corrected chi connectivity index (χ4v) is 5.29. The molecule has 1 aliphatic rings. The van der Waals surface area contributed by atoms with E-state index in [1.54, 1.807) is 12.1 Å². The molecule has 1 N–H and O–H groups in total. The number of nitro benzene ring substituents is 1. The van der Waals surface area contributed by atoms with Gasteiger partial charge in [0.1, 0.15) is 5.02 Å². The van der Waals surface area contributed by atoms with Gasteiger partial charge in [0.2, 0.25) is 10.0 Å². The Morgan fingerprint density at radius 3 is 2.73 bits per heavy atom. The Morgan fingerprint density at radius 2 is 2.07 bits per heavy atom. The van der Waals surface area contributed by atoms with E-state index in [4.69, 9.17) is 11.6 Å². The maximum atomic E-state index is 12.9. The maximum Gasteiger partial charge on any atom is 0.288 e. The number of nitrogens with zero attached hydrogens (tertiary/aromatic N) is 2. The average molecular weight is 452 g/mol. The molecule has 0 amide bonds. The van der Waals surface area contributed by atoms with Gasteiger partial charge in [-0.15, -0.1) is 0 Å². The van der Waals surface area contributed by atoms with Crippen molar-refractivity contribution in [3.8, 4) is 0 Å². The molecular weight excluding hydrogens is 430 g/mol. The Labute approximate surface area is 180 Å². The minimum atomic E-state index is -3.66. The lowest BCUT2D eigenvalue weighted by Gasteiger charge is -2.30. The summed E-state index contributed by atoms with van der Waals surface area (Å²) in [5.41, 5.74) is 0.491. The molecule has 0 saturated carbocycles. The van der Waals surface area contributed by atoms with Crippen LogP contribution in [0.1, 0.15) is 30.1 Å². The molecule has 0 aliphatic carbocycles. The zero-order valence-electron chi connectivity index (χ0n) is 16.4. The topological polar surface area (TPSA) is 110 Å². The van der Waals surface area contributed by atoms with E-state index >= 15 is 0 Å². The van der Waals surface area contributed by atoms with Gasteiger partial charge in [-0.25, -0.2) is 8.42 Å². The van der Waals surface area contributed by atoms with Gasteiger partial charge in [-0.05, 0) is 43.0 Å². The molecule has 10 heteroatoms. The Hall–Kier alpha value is -2.49. The molecule has 0 spiro atoms. The molecular formula is C20H22ClN3O5S. The second kappa shape index (κ2) is 9.11. The van der Waals surface area contributed by atoms with Crippen molar-refractivity contribution in [3.05, 3.63) is 63.2 Å². The van der Waals surface area contributed by atoms with Gasteiger partial charge in [0.15, 0.2) is 5.78 Å². The smallest absolute Gasteiger partial charge is 0.288 e. The number of nitro groups is 1. The molecule has 0 bridgehead atoms. The zero-order valence-corrected chi connectivity index (χ0v) is 17.9. The first kappa shape index (κ1) is 22.2. The van der Waals surface area contributed by atoms with Crippen molar-refractivity contribution in [3.63, 3.8) is 0 Å². The molecule has 1 fully saturated rings. The molecule has 2 aromatic carbocycles. The molecule has 3 rings (SSSR count). The highest BCUT2D eigenvalue weighted by Gasteiger charge is 2.29. The van der Waals surface area contributed by atoms with Crippen molar-refractivity contribution in [1.82, 2.24) is 4.31 Å². The summed E-state index contributed by atoms with van der Waals surface area (Å²) in [7, 11) is -3.66. The van der Waals surface area contributed by atoms with Gasteiger partial charge in [-0.3, -0.25) is 14.9 Å². The number of nitrogens with one attached hydrogen (secondary N) is 1. The largest absolute Gasteiger partial charge is 0.378 e. The van der Waals surface area contributed by atoms with Gasteiger partial charge in [0, 0.05) is 30.4 Å². The van der Waals surface area contributed by atoms with Gasteiger partial charge in [-0.2, -0.15) is 4.31 Å². The molecule has 1 atom stereocenters. The number of rotatable bonds is 7. The van der Waals surface area contributed by atoms with Crippen LogP contribution in [0.4, 0.5) is 11.4 Å². The third kappa shape index (κ3) is 4.97. The molecule has 2 aromatic rings. The van der Waals surface area contributed by atoms with Crippen molar-refractivity contribution in [1.29, 1.82) is 0 Å². The summed E-state index contributed by atoms with van der Waals surface area (Å²) in [6, 6.07) is 10.1. The minimum Gasteiger partial charge on any atom is -0.378 e. The van der Waals surface area contributed by atoms with E-state index in [2.05, 4.69) is 5.32 Å². The minimum absolute atomic E-state index is 0.0405. The van der Waals surface area contributed by atoms with Crippen LogP contribution in [-0.4, -0.2) is 43.1 Å². The van der Waals surface area contributed by atoms with Gasteiger partial charge >= 0.3 is 0 Å². The SMILES string of the molecule is CC1CCCN(S(=O)(=O)c2cccc(C(=O)CNc3ccc([N+](=O)[O-])c(Cl)c3)c2)C1. The fraction of sp³-hybridized carbons (Fsp3) is 0.350. The summed E-state index contributed by atoms with van der Waals surface area (Å²) in [5.74, 6) is -0.00963. The van der Waals surface area contributed by atoms with Crippen LogP contribution >= 0.6 is 11.6 Å². The Bertz CT molecular complexity index is 1070.